The van der Waals surface area contributed by atoms with E-state index >= 15 is 0 Å². The minimum atomic E-state index is -1.66. The second kappa shape index (κ2) is 5.96. The van der Waals surface area contributed by atoms with Gasteiger partial charge in [0.25, 0.3) is 5.78 Å². The van der Waals surface area contributed by atoms with Crippen molar-refractivity contribution in [3.8, 4) is 0 Å². The quantitative estimate of drug-likeness (QED) is 0.171. The number of ketones is 1. The number of carboxylic acids is 1. The van der Waals surface area contributed by atoms with Crippen LogP contribution in [0.4, 0.5) is 0 Å². The number of carbonyl (C=O) groups is 3. The Balaban J connectivity index is 2.93. The van der Waals surface area contributed by atoms with Crippen LogP contribution in [0.2, 0.25) is 0 Å². The van der Waals surface area contributed by atoms with Gasteiger partial charge in [-0.3, -0.25) is 9.59 Å². The van der Waals surface area contributed by atoms with Gasteiger partial charge in [-0.25, -0.2) is 4.79 Å². The molecule has 0 saturated carbocycles. The maximum Gasteiger partial charge on any atom is 0.441 e. The molecule has 0 aromatic heterocycles. The number of carbonyl (C=O) groups excluding carboxylic acids is 2. The molecule has 106 valence electrons. The maximum absolute atomic E-state index is 11.9. The number of rotatable bonds is 6. The van der Waals surface area contributed by atoms with Crippen LogP contribution in [0.3, 0.4) is 0 Å². The average Bonchev–Trinajstić information content (AvgIpc) is 2.35. The number of amides is 1. The zero-order valence-electron chi connectivity index (χ0n) is 10.7. The van der Waals surface area contributed by atoms with Gasteiger partial charge in [-0.1, -0.05) is 19.0 Å². The highest BCUT2D eigenvalue weighted by Crippen LogP contribution is 2.27. The number of Topliss-reactive ketones (excluding diaryl/α,β-unsaturated/α-hetero) is 1. The van der Waals surface area contributed by atoms with Crippen molar-refractivity contribution in [3.05, 3.63) is 16.0 Å². The predicted molar refractivity (Wildman–Crippen MR) is 64.5 cm³/mol. The number of carboxylic acid groups (broad SMARTS) is 1. The highest BCUT2D eigenvalue weighted by atomic mass is 16.4. The number of hydrogen-bond donors (Lipinski definition) is 2. The average molecular weight is 280 g/mol. The summed E-state index contributed by atoms with van der Waals surface area (Å²) in [5, 5.41) is 14.6. The van der Waals surface area contributed by atoms with Gasteiger partial charge >= 0.3 is 11.7 Å². The SMILES string of the molecule is CC(N=[N+]=[N-])C1C(=O)NC1C(C)C(=O)C(=[N+]=[N-])C(=O)O. The third-order valence-corrected chi connectivity index (χ3v) is 3.24. The Morgan fingerprint density at radius 3 is 2.40 bits per heavy atom. The fourth-order valence-corrected chi connectivity index (χ4v) is 2.10. The molecule has 1 rings (SSSR count). The molecule has 1 aliphatic rings. The van der Waals surface area contributed by atoms with Gasteiger partial charge < -0.3 is 16.0 Å². The highest BCUT2D eigenvalue weighted by Gasteiger charge is 2.49. The summed E-state index contributed by atoms with van der Waals surface area (Å²) >= 11 is 0. The first-order valence-corrected chi connectivity index (χ1v) is 5.69. The molecule has 0 aliphatic carbocycles. The topological polar surface area (TPSA) is 169 Å². The molecule has 1 heterocycles. The van der Waals surface area contributed by atoms with Crippen molar-refractivity contribution < 1.29 is 24.3 Å². The minimum Gasteiger partial charge on any atom is -0.472 e. The summed E-state index contributed by atoms with van der Waals surface area (Å²) < 4.78 is 0. The third kappa shape index (κ3) is 2.66. The summed E-state index contributed by atoms with van der Waals surface area (Å²) in [6.07, 6.45) is 0. The van der Waals surface area contributed by atoms with E-state index in [-0.39, 0.29) is 5.91 Å². The molecule has 1 amide bonds. The van der Waals surface area contributed by atoms with Crippen molar-refractivity contribution in [3.63, 3.8) is 0 Å². The molecule has 20 heavy (non-hydrogen) atoms. The number of azide groups is 1. The van der Waals surface area contributed by atoms with Crippen molar-refractivity contribution in [2.75, 3.05) is 0 Å². The number of β-lactam (4-membered cyclic amide) rings is 1. The van der Waals surface area contributed by atoms with Crippen LogP contribution in [0.1, 0.15) is 13.8 Å². The fourth-order valence-electron chi connectivity index (χ4n) is 2.10. The van der Waals surface area contributed by atoms with E-state index < -0.39 is 41.4 Å². The van der Waals surface area contributed by atoms with Crippen LogP contribution < -0.4 is 5.32 Å². The first-order chi connectivity index (χ1) is 9.34. The second-order valence-corrected chi connectivity index (χ2v) is 4.41. The van der Waals surface area contributed by atoms with Crippen LogP contribution in [0, 0.1) is 11.8 Å². The molecule has 4 atom stereocenters. The Morgan fingerprint density at radius 1 is 1.40 bits per heavy atom. The molecule has 0 aromatic carbocycles. The monoisotopic (exact) mass is 280 g/mol. The van der Waals surface area contributed by atoms with Crippen LogP contribution >= 0.6 is 0 Å². The molecule has 0 aromatic rings. The number of nitrogens with one attached hydrogen (secondary N) is 1. The largest absolute Gasteiger partial charge is 0.472 e. The highest BCUT2D eigenvalue weighted by molar-refractivity contribution is 6.62. The number of hydrogen-bond acceptors (Lipinski definition) is 4. The summed E-state index contributed by atoms with van der Waals surface area (Å²) in [6.45, 7) is 2.92. The lowest BCUT2D eigenvalue weighted by atomic mass is 9.76. The molecule has 0 spiro atoms. The van der Waals surface area contributed by atoms with Crippen LogP contribution in [0.15, 0.2) is 5.11 Å². The molecular formula is C10H12N6O4. The molecule has 4 unspecified atom stereocenters. The fraction of sp³-hybridized carbons (Fsp3) is 0.600. The van der Waals surface area contributed by atoms with Gasteiger partial charge in [-0.2, -0.15) is 4.79 Å². The Morgan fingerprint density at radius 2 is 2.00 bits per heavy atom. The summed E-state index contributed by atoms with van der Waals surface area (Å²) in [7, 11) is 0. The Labute approximate surface area is 113 Å². The molecule has 10 nitrogen and oxygen atoms in total. The summed E-state index contributed by atoms with van der Waals surface area (Å²) in [4.78, 5) is 39.1. The van der Waals surface area contributed by atoms with Gasteiger partial charge in [0.2, 0.25) is 5.91 Å². The summed E-state index contributed by atoms with van der Waals surface area (Å²) in [5.74, 6) is -4.60. The van der Waals surface area contributed by atoms with Gasteiger partial charge in [0.05, 0.1) is 12.0 Å². The smallest absolute Gasteiger partial charge is 0.441 e. The second-order valence-electron chi connectivity index (χ2n) is 4.41. The van der Waals surface area contributed by atoms with Gasteiger partial charge in [-0.15, -0.1) is 0 Å². The van der Waals surface area contributed by atoms with Crippen molar-refractivity contribution in [1.29, 1.82) is 0 Å². The molecular weight excluding hydrogens is 268 g/mol. The van der Waals surface area contributed by atoms with Gasteiger partial charge in [0, 0.05) is 16.9 Å². The normalized spacial score (nSPS) is 23.2. The number of aliphatic carboxylic acids is 1. The van der Waals surface area contributed by atoms with Crippen molar-refractivity contribution in [2.45, 2.75) is 25.9 Å². The van der Waals surface area contributed by atoms with Crippen molar-refractivity contribution >= 4 is 23.4 Å². The predicted octanol–water partition coefficient (Wildman–Crippen LogP) is -0.240. The molecule has 1 aliphatic heterocycles. The van der Waals surface area contributed by atoms with Gasteiger partial charge in [0.1, 0.15) is 0 Å². The summed E-state index contributed by atoms with van der Waals surface area (Å²) in [5.41, 5.74) is 15.9. The minimum absolute atomic E-state index is 0.382. The van der Waals surface area contributed by atoms with Crippen LogP contribution in [0.25, 0.3) is 16.0 Å². The molecule has 10 heteroatoms. The van der Waals surface area contributed by atoms with Gasteiger partial charge in [0.15, 0.2) is 0 Å². The van der Waals surface area contributed by atoms with Crippen LogP contribution in [-0.2, 0) is 14.4 Å². The molecule has 0 bridgehead atoms. The Hall–Kier alpha value is -2.70. The van der Waals surface area contributed by atoms with E-state index in [1.54, 1.807) is 0 Å². The first-order valence-electron chi connectivity index (χ1n) is 5.69. The lowest BCUT2D eigenvalue weighted by molar-refractivity contribution is -0.141. The zero-order valence-corrected chi connectivity index (χ0v) is 10.7. The standard InChI is InChI=1S/C10H12N6O4/c1-3(8(17)7(14-11)10(19)20)6-5(9(18)13-6)4(2)15-16-12/h3-6H,1-2H3,(H,13,18)(H,19,20). The van der Waals surface area contributed by atoms with Crippen LogP contribution in [-0.4, -0.2) is 45.4 Å². The third-order valence-electron chi connectivity index (χ3n) is 3.24. The van der Waals surface area contributed by atoms with E-state index in [2.05, 4.69) is 20.1 Å². The first kappa shape index (κ1) is 15.4. The molecule has 2 N–H and O–H groups in total. The van der Waals surface area contributed by atoms with E-state index in [4.69, 9.17) is 16.2 Å². The lowest BCUT2D eigenvalue weighted by Crippen LogP contribution is -2.65. The maximum atomic E-state index is 11.9. The molecule has 1 fully saturated rings. The molecule has 0 radical (unpaired) electrons. The van der Waals surface area contributed by atoms with E-state index in [9.17, 15) is 14.4 Å². The van der Waals surface area contributed by atoms with E-state index in [1.165, 1.54) is 13.8 Å². The van der Waals surface area contributed by atoms with Crippen molar-refractivity contribution in [2.24, 2.45) is 17.0 Å². The zero-order chi connectivity index (χ0) is 15.4. The Kier molecular flexibility index (Phi) is 4.58. The van der Waals surface area contributed by atoms with E-state index in [0.717, 1.165) is 0 Å². The van der Waals surface area contributed by atoms with Gasteiger partial charge in [-0.05, 0) is 5.53 Å². The lowest BCUT2D eigenvalue weighted by Gasteiger charge is -2.41. The Bertz CT molecular complexity index is 560. The van der Waals surface area contributed by atoms with E-state index in [0.29, 0.717) is 0 Å². The van der Waals surface area contributed by atoms with E-state index in [1.807, 2.05) is 0 Å². The van der Waals surface area contributed by atoms with Crippen molar-refractivity contribution in [1.82, 2.24) is 5.32 Å². The summed E-state index contributed by atoms with van der Waals surface area (Å²) in [6, 6.07) is -1.35. The number of nitrogens with zero attached hydrogens (tertiary/aromatic N) is 5. The molecule has 1 saturated heterocycles. The van der Waals surface area contributed by atoms with Crippen LogP contribution in [0.5, 0.6) is 0 Å².